The molecule has 0 radical (unpaired) electrons. The quantitative estimate of drug-likeness (QED) is 0.354. The van der Waals surface area contributed by atoms with E-state index in [9.17, 15) is 0 Å². The Bertz CT molecular complexity index is 1090. The summed E-state index contributed by atoms with van der Waals surface area (Å²) in [5.74, 6) is 0. The standard InChI is InChI=1S/C13H9.C8H8.C5H5.2ClH.Zr/c1-3-7-12-10(5-1)9-11-6-2-4-8-13(11)12;1-2-8-6-4-3-5-7-8;1-2-4-5-3-1;;;/h1-5,7-8H,9H2;1,3-7H,2H2;1-3H,4H2;2*1H;/q;;;;;+2/p-2. The molecule has 2 aliphatic rings. The van der Waals surface area contributed by atoms with Crippen LogP contribution in [0.5, 0.6) is 0 Å². The predicted molar refractivity (Wildman–Crippen MR) is 112 cm³/mol. The van der Waals surface area contributed by atoms with Gasteiger partial charge in [-0.25, -0.2) is 0 Å². The molecule has 29 heavy (non-hydrogen) atoms. The van der Waals surface area contributed by atoms with Gasteiger partial charge in [-0.1, -0.05) is 0 Å². The molecule has 3 heteroatoms. The topological polar surface area (TPSA) is 0 Å². The minimum atomic E-state index is -2.02. The molecule has 144 valence electrons. The molecule has 0 N–H and O–H groups in total. The number of fused-ring (bicyclic) bond motifs is 3. The van der Waals surface area contributed by atoms with Crippen LogP contribution in [-0.2, 0) is 34.1 Å². The van der Waals surface area contributed by atoms with Gasteiger partial charge in [0.15, 0.2) is 0 Å². The summed E-state index contributed by atoms with van der Waals surface area (Å²) < 4.78 is 6.09. The Hall–Kier alpha value is -1.53. The van der Waals surface area contributed by atoms with Crippen LogP contribution in [0.25, 0.3) is 11.1 Å². The summed E-state index contributed by atoms with van der Waals surface area (Å²) in [7, 11) is 0. The van der Waals surface area contributed by atoms with E-state index in [2.05, 4.69) is 94.7 Å². The van der Waals surface area contributed by atoms with Crippen molar-refractivity contribution in [2.45, 2.75) is 19.3 Å². The van der Waals surface area contributed by atoms with Crippen molar-refractivity contribution in [1.29, 1.82) is 0 Å². The summed E-state index contributed by atoms with van der Waals surface area (Å²) in [5, 5.41) is 0. The van der Waals surface area contributed by atoms with Crippen LogP contribution in [0, 0.1) is 0 Å². The largest absolute Gasteiger partial charge is 1.00 e. The Morgan fingerprint density at radius 3 is 2.34 bits per heavy atom. The minimum Gasteiger partial charge on any atom is -1.00 e. The average Bonchev–Trinajstić information content (AvgIpc) is 3.37. The number of benzene rings is 3. The van der Waals surface area contributed by atoms with Gasteiger partial charge in [-0.05, 0) is 0 Å². The molecule has 2 aliphatic carbocycles. The minimum absolute atomic E-state index is 0. The van der Waals surface area contributed by atoms with E-state index in [4.69, 9.17) is 0 Å². The van der Waals surface area contributed by atoms with Gasteiger partial charge in [0.2, 0.25) is 0 Å². The maximum absolute atomic E-state index is 2.70. The van der Waals surface area contributed by atoms with Crippen molar-refractivity contribution >= 4 is 6.98 Å². The Kier molecular flexibility index (Phi) is 7.63. The number of hydrogen-bond acceptors (Lipinski definition) is 0. The fourth-order valence-corrected chi connectivity index (χ4v) is 11.0. The summed E-state index contributed by atoms with van der Waals surface area (Å²) in [6.45, 7) is 0. The number of rotatable bonds is 4. The summed E-state index contributed by atoms with van der Waals surface area (Å²) in [4.78, 5) is 0. The third-order valence-electron chi connectivity index (χ3n) is 5.64. The van der Waals surface area contributed by atoms with Crippen LogP contribution in [0.3, 0.4) is 0 Å². The number of allylic oxidation sites excluding steroid dienone is 4. The van der Waals surface area contributed by atoms with Crippen LogP contribution >= 0.6 is 0 Å². The van der Waals surface area contributed by atoms with E-state index in [1.807, 2.05) is 0 Å². The maximum atomic E-state index is 2.70. The van der Waals surface area contributed by atoms with Crippen LogP contribution in [0.2, 0.25) is 0 Å². The van der Waals surface area contributed by atoms with Crippen LogP contribution in [-0.4, -0.2) is 3.71 Å². The van der Waals surface area contributed by atoms with Crippen LogP contribution in [0.1, 0.15) is 23.1 Å². The number of halogens is 2. The molecule has 0 saturated heterocycles. The predicted octanol–water partition coefficient (Wildman–Crippen LogP) is -0.602. The van der Waals surface area contributed by atoms with E-state index < -0.39 is 21.3 Å². The van der Waals surface area contributed by atoms with Crippen molar-refractivity contribution < 1.29 is 46.1 Å². The first-order valence-corrected chi connectivity index (χ1v) is 13.6. The molecule has 0 bridgehead atoms. The molecule has 0 heterocycles. The van der Waals surface area contributed by atoms with E-state index in [0.29, 0.717) is 0 Å². The van der Waals surface area contributed by atoms with Gasteiger partial charge in [0, 0.05) is 0 Å². The van der Waals surface area contributed by atoms with E-state index in [1.54, 1.807) is 12.1 Å². The van der Waals surface area contributed by atoms with Crippen molar-refractivity contribution in [3.05, 3.63) is 111 Å². The van der Waals surface area contributed by atoms with Gasteiger partial charge in [-0.2, -0.15) is 0 Å². The van der Waals surface area contributed by atoms with Gasteiger partial charge < -0.3 is 24.8 Å². The molecule has 0 saturated carbocycles. The smallest absolute Gasteiger partial charge is 1.00 e. The second kappa shape index (κ2) is 9.99. The van der Waals surface area contributed by atoms with Crippen molar-refractivity contribution in [1.82, 2.24) is 0 Å². The van der Waals surface area contributed by atoms with Crippen LogP contribution in [0.4, 0.5) is 0 Å². The van der Waals surface area contributed by atoms with E-state index >= 15 is 0 Å². The van der Waals surface area contributed by atoms with Crippen molar-refractivity contribution in [3.63, 3.8) is 0 Å². The van der Waals surface area contributed by atoms with Gasteiger partial charge in [0.1, 0.15) is 0 Å². The second-order valence-corrected chi connectivity index (χ2v) is 13.2. The molecular formula is C26H22Cl2Zr. The summed E-state index contributed by atoms with van der Waals surface area (Å²) in [6, 6.07) is 26.9. The molecule has 0 aromatic heterocycles. The zero-order chi connectivity index (χ0) is 18.1. The van der Waals surface area contributed by atoms with Crippen molar-refractivity contribution in [2.75, 3.05) is 0 Å². The zero-order valence-electron chi connectivity index (χ0n) is 16.1. The van der Waals surface area contributed by atoms with Gasteiger partial charge >= 0.3 is 170 Å². The van der Waals surface area contributed by atoms with Crippen LogP contribution < -0.4 is 28.1 Å². The Morgan fingerprint density at radius 1 is 0.793 bits per heavy atom. The summed E-state index contributed by atoms with van der Waals surface area (Å²) in [5.41, 5.74) is 7.44. The molecule has 0 nitrogen and oxygen atoms in total. The second-order valence-electron chi connectivity index (χ2n) is 7.30. The molecule has 3 aromatic carbocycles. The molecule has 0 atom stereocenters. The first-order valence-electron chi connectivity index (χ1n) is 9.71. The fourth-order valence-electron chi connectivity index (χ4n) is 4.30. The Morgan fingerprint density at radius 2 is 1.55 bits per heavy atom. The fraction of sp³-hybridized carbons (Fsp3) is 0.115. The maximum Gasteiger partial charge on any atom is -1.00 e. The van der Waals surface area contributed by atoms with E-state index in [-0.39, 0.29) is 24.8 Å². The average molecular weight is 497 g/mol. The van der Waals surface area contributed by atoms with Crippen LogP contribution in [0.15, 0.2) is 94.3 Å². The first kappa shape index (κ1) is 22.2. The molecule has 0 amide bonds. The molecule has 0 aliphatic heterocycles. The molecule has 5 rings (SSSR count). The molecule has 0 fully saturated rings. The molecule has 3 aromatic rings. The Labute approximate surface area is 193 Å². The normalized spacial score (nSPS) is 13.2. The third kappa shape index (κ3) is 4.48. The number of hydrogen-bond donors (Lipinski definition) is 0. The first-order chi connectivity index (χ1) is 13.4. The zero-order valence-corrected chi connectivity index (χ0v) is 20.1. The third-order valence-corrected chi connectivity index (χ3v) is 12.3. The Balaban J connectivity index is 0.00000120. The van der Waals surface area contributed by atoms with Gasteiger partial charge in [-0.3, -0.25) is 0 Å². The van der Waals surface area contributed by atoms with Gasteiger partial charge in [0.25, 0.3) is 0 Å². The van der Waals surface area contributed by atoms with Gasteiger partial charge in [0.05, 0.1) is 0 Å². The summed E-state index contributed by atoms with van der Waals surface area (Å²) in [6.07, 6.45) is 10.3. The SMILES string of the molecule is C1=CC[C]([Zr+2](=[CH]Cc2ccccc2)[c]2cccc3c2Cc2ccccc2-3)=C1.[Cl-].[Cl-]. The van der Waals surface area contributed by atoms with Crippen molar-refractivity contribution in [3.8, 4) is 11.1 Å². The van der Waals surface area contributed by atoms with E-state index in [1.165, 1.54) is 22.3 Å². The molecule has 0 spiro atoms. The van der Waals surface area contributed by atoms with E-state index in [0.717, 1.165) is 19.3 Å². The van der Waals surface area contributed by atoms with Crippen molar-refractivity contribution in [2.24, 2.45) is 0 Å². The monoisotopic (exact) mass is 494 g/mol. The molecule has 0 unspecified atom stereocenters. The molecular weight excluding hydrogens is 474 g/mol. The van der Waals surface area contributed by atoms with Gasteiger partial charge in [-0.15, -0.1) is 0 Å². The summed E-state index contributed by atoms with van der Waals surface area (Å²) >= 11 is -2.02.